The monoisotopic (exact) mass is 137 g/mol. The van der Waals surface area contributed by atoms with Crippen molar-refractivity contribution in [3.63, 3.8) is 0 Å². The standard InChI is InChI=1S/C6H3NO3/c8-5-3-1-7-2-4(3)10-6(5)9/h1-2,7H. The van der Waals surface area contributed by atoms with Crippen LogP contribution >= 0.6 is 0 Å². The quantitative estimate of drug-likeness (QED) is 0.408. The highest BCUT2D eigenvalue weighted by atomic mass is 16.5. The molecule has 1 aromatic heterocycles. The molecule has 0 radical (unpaired) electrons. The molecule has 0 saturated carbocycles. The molecular weight excluding hydrogens is 134 g/mol. The van der Waals surface area contributed by atoms with Crippen LogP contribution in [-0.2, 0) is 4.79 Å². The van der Waals surface area contributed by atoms with Crippen molar-refractivity contribution in [3.8, 4) is 5.75 Å². The molecule has 50 valence electrons. The van der Waals surface area contributed by atoms with Crippen LogP contribution in [-0.4, -0.2) is 16.7 Å². The molecule has 0 bridgehead atoms. The number of aromatic amines is 1. The van der Waals surface area contributed by atoms with E-state index >= 15 is 0 Å². The molecule has 0 saturated heterocycles. The van der Waals surface area contributed by atoms with E-state index in [4.69, 9.17) is 0 Å². The topological polar surface area (TPSA) is 59.2 Å². The summed E-state index contributed by atoms with van der Waals surface area (Å²) < 4.78 is 4.54. The number of ether oxygens (including phenoxy) is 1. The minimum absolute atomic E-state index is 0.324. The molecule has 0 aromatic carbocycles. The Morgan fingerprint density at radius 1 is 1.30 bits per heavy atom. The molecule has 2 rings (SSSR count). The van der Waals surface area contributed by atoms with Gasteiger partial charge in [0.05, 0.1) is 5.56 Å². The Labute approximate surface area is 55.8 Å². The van der Waals surface area contributed by atoms with Crippen LogP contribution in [0.4, 0.5) is 0 Å². The first kappa shape index (κ1) is 5.22. The average molecular weight is 137 g/mol. The molecule has 4 nitrogen and oxygen atoms in total. The van der Waals surface area contributed by atoms with Gasteiger partial charge in [-0.3, -0.25) is 4.79 Å². The minimum Gasteiger partial charge on any atom is -0.418 e. The summed E-state index contributed by atoms with van der Waals surface area (Å²) in [5.74, 6) is -1.04. The van der Waals surface area contributed by atoms with Gasteiger partial charge in [-0.1, -0.05) is 0 Å². The second-order valence-corrected chi connectivity index (χ2v) is 1.95. The van der Waals surface area contributed by atoms with Crippen molar-refractivity contribution < 1.29 is 14.3 Å². The van der Waals surface area contributed by atoms with Gasteiger partial charge in [-0.05, 0) is 0 Å². The number of hydrogen-bond acceptors (Lipinski definition) is 3. The van der Waals surface area contributed by atoms with Crippen molar-refractivity contribution >= 4 is 11.8 Å². The maximum absolute atomic E-state index is 10.8. The largest absolute Gasteiger partial charge is 0.418 e. The van der Waals surface area contributed by atoms with Crippen LogP contribution in [0.25, 0.3) is 0 Å². The summed E-state index contributed by atoms with van der Waals surface area (Å²) in [6.07, 6.45) is 2.92. The highest BCUT2D eigenvalue weighted by molar-refractivity contribution is 6.44. The number of H-pyrrole nitrogens is 1. The molecule has 0 spiro atoms. The summed E-state index contributed by atoms with van der Waals surface area (Å²) in [7, 11) is 0. The summed E-state index contributed by atoms with van der Waals surface area (Å²) in [6.45, 7) is 0. The van der Waals surface area contributed by atoms with Crippen molar-refractivity contribution in [2.24, 2.45) is 0 Å². The predicted molar refractivity (Wildman–Crippen MR) is 30.8 cm³/mol. The van der Waals surface area contributed by atoms with Crippen LogP contribution in [0, 0.1) is 0 Å². The molecule has 1 N–H and O–H groups in total. The van der Waals surface area contributed by atoms with Gasteiger partial charge >= 0.3 is 5.97 Å². The fourth-order valence-electron chi connectivity index (χ4n) is 0.868. The number of hydrogen-bond donors (Lipinski definition) is 1. The molecule has 2 heterocycles. The second-order valence-electron chi connectivity index (χ2n) is 1.95. The molecule has 0 aliphatic carbocycles. The molecule has 0 atom stereocenters. The first-order valence-corrected chi connectivity index (χ1v) is 2.72. The Hall–Kier alpha value is -1.58. The maximum atomic E-state index is 10.8. The van der Waals surface area contributed by atoms with Crippen LogP contribution in [0.3, 0.4) is 0 Å². The van der Waals surface area contributed by atoms with Crippen LogP contribution in [0.1, 0.15) is 10.4 Å². The number of esters is 1. The van der Waals surface area contributed by atoms with Crippen LogP contribution in [0.5, 0.6) is 5.75 Å². The Kier molecular flexibility index (Phi) is 0.768. The number of Topliss-reactive ketones (excluding diaryl/α,β-unsaturated/α-hetero) is 1. The summed E-state index contributed by atoms with van der Waals surface area (Å²) in [6, 6.07) is 0. The van der Waals surface area contributed by atoms with Gasteiger partial charge in [-0.15, -0.1) is 0 Å². The van der Waals surface area contributed by atoms with Gasteiger partial charge in [0.2, 0.25) is 0 Å². The summed E-state index contributed by atoms with van der Waals surface area (Å²) in [5.41, 5.74) is 0.324. The summed E-state index contributed by atoms with van der Waals surface area (Å²) in [5, 5.41) is 0. The zero-order chi connectivity index (χ0) is 7.14. The number of aromatic nitrogens is 1. The van der Waals surface area contributed by atoms with E-state index in [1.807, 2.05) is 0 Å². The summed E-state index contributed by atoms with van der Waals surface area (Å²) >= 11 is 0. The van der Waals surface area contributed by atoms with Crippen molar-refractivity contribution in [2.75, 3.05) is 0 Å². The zero-order valence-electron chi connectivity index (χ0n) is 4.88. The van der Waals surface area contributed by atoms with E-state index in [2.05, 4.69) is 9.72 Å². The molecule has 0 amide bonds. The Morgan fingerprint density at radius 3 is 2.80 bits per heavy atom. The van der Waals surface area contributed by atoms with Gasteiger partial charge in [-0.25, -0.2) is 4.79 Å². The first-order valence-electron chi connectivity index (χ1n) is 2.72. The van der Waals surface area contributed by atoms with E-state index in [-0.39, 0.29) is 0 Å². The Bertz CT molecular complexity index is 313. The van der Waals surface area contributed by atoms with Gasteiger partial charge in [-0.2, -0.15) is 0 Å². The molecule has 10 heavy (non-hydrogen) atoms. The van der Waals surface area contributed by atoms with Crippen LogP contribution < -0.4 is 4.74 Å². The normalized spacial score (nSPS) is 15.2. The van der Waals surface area contributed by atoms with Crippen molar-refractivity contribution in [2.45, 2.75) is 0 Å². The van der Waals surface area contributed by atoms with E-state index in [0.29, 0.717) is 11.3 Å². The lowest BCUT2D eigenvalue weighted by atomic mass is 10.2. The third kappa shape index (κ3) is 0.452. The summed E-state index contributed by atoms with van der Waals surface area (Å²) in [4.78, 5) is 23.9. The fourth-order valence-corrected chi connectivity index (χ4v) is 0.868. The molecule has 1 aliphatic rings. The molecule has 0 unspecified atom stereocenters. The minimum atomic E-state index is -0.793. The molecule has 4 heteroatoms. The number of carbonyl (C=O) groups excluding carboxylic acids is 2. The number of nitrogens with one attached hydrogen (secondary N) is 1. The zero-order valence-corrected chi connectivity index (χ0v) is 4.88. The average Bonchev–Trinajstić information content (AvgIpc) is 2.41. The van der Waals surface area contributed by atoms with Crippen LogP contribution in [0.15, 0.2) is 12.4 Å². The van der Waals surface area contributed by atoms with Crippen molar-refractivity contribution in [1.29, 1.82) is 0 Å². The number of carbonyl (C=O) groups is 2. The van der Waals surface area contributed by atoms with Gasteiger partial charge < -0.3 is 9.72 Å². The van der Waals surface area contributed by atoms with Gasteiger partial charge in [0.1, 0.15) is 0 Å². The molecule has 1 aromatic rings. The van der Waals surface area contributed by atoms with E-state index < -0.39 is 11.8 Å². The SMILES string of the molecule is O=C1Oc2c[nH]cc2C1=O. The van der Waals surface area contributed by atoms with Gasteiger partial charge in [0.25, 0.3) is 5.78 Å². The first-order chi connectivity index (χ1) is 4.79. The number of ketones is 1. The van der Waals surface area contributed by atoms with E-state index in [1.165, 1.54) is 12.4 Å². The van der Waals surface area contributed by atoms with Crippen LogP contribution in [0.2, 0.25) is 0 Å². The Balaban J connectivity index is 2.63. The van der Waals surface area contributed by atoms with Crippen molar-refractivity contribution in [3.05, 3.63) is 18.0 Å². The van der Waals surface area contributed by atoms with E-state index in [0.717, 1.165) is 0 Å². The highest BCUT2D eigenvalue weighted by Crippen LogP contribution is 2.24. The number of fused-ring (bicyclic) bond motifs is 1. The maximum Gasteiger partial charge on any atom is 0.385 e. The molecule has 0 fully saturated rings. The lowest BCUT2D eigenvalue weighted by molar-refractivity contribution is -0.128. The lowest BCUT2D eigenvalue weighted by Gasteiger charge is -1.84. The predicted octanol–water partition coefficient (Wildman–Crippen LogP) is 0.116. The molecular formula is C6H3NO3. The van der Waals surface area contributed by atoms with Crippen molar-refractivity contribution in [1.82, 2.24) is 4.98 Å². The highest BCUT2D eigenvalue weighted by Gasteiger charge is 2.31. The second kappa shape index (κ2) is 1.47. The smallest absolute Gasteiger partial charge is 0.385 e. The fraction of sp³-hybridized carbons (Fsp3) is 0. The lowest BCUT2D eigenvalue weighted by Crippen LogP contribution is -2.10. The third-order valence-corrected chi connectivity index (χ3v) is 1.34. The van der Waals surface area contributed by atoms with Gasteiger partial charge in [0, 0.05) is 12.4 Å². The third-order valence-electron chi connectivity index (χ3n) is 1.34. The van der Waals surface area contributed by atoms with E-state index in [1.54, 1.807) is 0 Å². The van der Waals surface area contributed by atoms with E-state index in [9.17, 15) is 9.59 Å². The molecule has 1 aliphatic heterocycles. The number of rotatable bonds is 0. The Morgan fingerprint density at radius 2 is 2.10 bits per heavy atom. The van der Waals surface area contributed by atoms with Gasteiger partial charge in [0.15, 0.2) is 5.75 Å².